The molecule has 0 amide bonds. The largest absolute Gasteiger partial charge is 0.396 e. The fourth-order valence-corrected chi connectivity index (χ4v) is 3.39. The first-order valence-corrected chi connectivity index (χ1v) is 8.74. The number of aromatic nitrogens is 1. The van der Waals surface area contributed by atoms with Crippen molar-refractivity contribution in [2.75, 3.05) is 36.6 Å². The van der Waals surface area contributed by atoms with Gasteiger partial charge in [0.25, 0.3) is 0 Å². The number of rotatable bonds is 7. The number of aliphatic hydroxyl groups excluding tert-OH is 1. The molecule has 1 aromatic heterocycles. The maximum Gasteiger partial charge on any atom is 0.128 e. The van der Waals surface area contributed by atoms with Gasteiger partial charge in [-0.25, -0.2) is 4.98 Å². The lowest BCUT2D eigenvalue weighted by Gasteiger charge is -2.35. The summed E-state index contributed by atoms with van der Waals surface area (Å²) < 4.78 is 0. The zero-order valence-corrected chi connectivity index (χ0v) is 13.0. The van der Waals surface area contributed by atoms with Crippen molar-refractivity contribution in [2.45, 2.75) is 31.3 Å². The molecule has 20 heavy (non-hydrogen) atoms. The Labute approximate surface area is 126 Å². The third-order valence-corrected chi connectivity index (χ3v) is 4.52. The molecule has 1 unspecified atom stereocenters. The van der Waals surface area contributed by atoms with Gasteiger partial charge in [0.15, 0.2) is 0 Å². The Bertz CT molecular complexity index is 363. The minimum absolute atomic E-state index is 0.269. The molecule has 2 heterocycles. The van der Waals surface area contributed by atoms with Crippen molar-refractivity contribution in [3.05, 3.63) is 24.4 Å². The average molecular weight is 295 g/mol. The molecule has 1 aromatic rings. The van der Waals surface area contributed by atoms with E-state index in [0.29, 0.717) is 12.1 Å². The average Bonchev–Trinajstić information content (AvgIpc) is 2.49. The van der Waals surface area contributed by atoms with Gasteiger partial charge in [-0.05, 0) is 37.7 Å². The highest BCUT2D eigenvalue weighted by Crippen LogP contribution is 2.18. The van der Waals surface area contributed by atoms with Crippen molar-refractivity contribution in [1.82, 2.24) is 10.3 Å². The van der Waals surface area contributed by atoms with Gasteiger partial charge in [0.1, 0.15) is 5.82 Å². The summed E-state index contributed by atoms with van der Waals surface area (Å²) in [5.41, 5.74) is 0. The number of nitrogens with one attached hydrogen (secondary N) is 1. The lowest BCUT2D eigenvalue weighted by atomic mass is 10.0. The molecule has 1 aliphatic heterocycles. The van der Waals surface area contributed by atoms with E-state index in [9.17, 15) is 0 Å². The number of aliphatic hydroxyl groups is 1. The van der Waals surface area contributed by atoms with E-state index in [-0.39, 0.29) is 6.61 Å². The van der Waals surface area contributed by atoms with Crippen LogP contribution in [0, 0.1) is 0 Å². The van der Waals surface area contributed by atoms with E-state index in [4.69, 9.17) is 5.11 Å². The van der Waals surface area contributed by atoms with Crippen LogP contribution >= 0.6 is 11.8 Å². The molecule has 0 bridgehead atoms. The number of hydrogen-bond donors (Lipinski definition) is 2. The lowest BCUT2D eigenvalue weighted by molar-refractivity contribution is 0.259. The third kappa shape index (κ3) is 4.65. The first-order chi connectivity index (χ1) is 9.83. The van der Waals surface area contributed by atoms with Gasteiger partial charge in [-0.3, -0.25) is 0 Å². The zero-order valence-electron chi connectivity index (χ0n) is 12.2. The third-order valence-electron chi connectivity index (χ3n) is 3.79. The molecular weight excluding hydrogens is 270 g/mol. The smallest absolute Gasteiger partial charge is 0.128 e. The maximum absolute atomic E-state index is 9.12. The monoisotopic (exact) mass is 295 g/mol. The van der Waals surface area contributed by atoms with Gasteiger partial charge in [0, 0.05) is 43.7 Å². The molecule has 2 N–H and O–H groups in total. The van der Waals surface area contributed by atoms with Crippen molar-refractivity contribution in [3.63, 3.8) is 0 Å². The number of pyridine rings is 1. The van der Waals surface area contributed by atoms with Crippen LogP contribution in [0.4, 0.5) is 5.82 Å². The first-order valence-electron chi connectivity index (χ1n) is 7.35. The number of piperidine rings is 1. The first kappa shape index (κ1) is 15.6. The SMILES string of the molecule is CSCC(CCO)NC1CCN(c2ccccn2)CC1. The molecular formula is C15H25N3OS. The number of hydrogen-bond acceptors (Lipinski definition) is 5. The molecule has 1 fully saturated rings. The van der Waals surface area contributed by atoms with Crippen LogP contribution in [0.5, 0.6) is 0 Å². The molecule has 5 heteroatoms. The molecule has 0 aliphatic carbocycles. The summed E-state index contributed by atoms with van der Waals surface area (Å²) in [5.74, 6) is 2.16. The van der Waals surface area contributed by atoms with E-state index >= 15 is 0 Å². The Hall–Kier alpha value is -0.780. The number of nitrogens with zero attached hydrogens (tertiary/aromatic N) is 2. The second kappa shape index (κ2) is 8.49. The maximum atomic E-state index is 9.12. The van der Waals surface area contributed by atoms with Gasteiger partial charge in [0.2, 0.25) is 0 Å². The molecule has 112 valence electrons. The summed E-state index contributed by atoms with van der Waals surface area (Å²) in [6.07, 6.45) is 7.12. The minimum atomic E-state index is 0.269. The summed E-state index contributed by atoms with van der Waals surface area (Å²) in [4.78, 5) is 6.77. The molecule has 0 aromatic carbocycles. The van der Waals surface area contributed by atoms with Crippen molar-refractivity contribution in [3.8, 4) is 0 Å². The van der Waals surface area contributed by atoms with Crippen LogP contribution in [0.3, 0.4) is 0 Å². The van der Waals surface area contributed by atoms with E-state index < -0.39 is 0 Å². The van der Waals surface area contributed by atoms with Crippen LogP contribution in [-0.4, -0.2) is 53.9 Å². The van der Waals surface area contributed by atoms with E-state index in [0.717, 1.165) is 43.9 Å². The van der Waals surface area contributed by atoms with Crippen molar-refractivity contribution < 1.29 is 5.11 Å². The zero-order chi connectivity index (χ0) is 14.2. The van der Waals surface area contributed by atoms with Gasteiger partial charge >= 0.3 is 0 Å². The fraction of sp³-hybridized carbons (Fsp3) is 0.667. The van der Waals surface area contributed by atoms with Crippen LogP contribution in [0.1, 0.15) is 19.3 Å². The van der Waals surface area contributed by atoms with Gasteiger partial charge in [-0.2, -0.15) is 11.8 Å². The summed E-state index contributed by atoms with van der Waals surface area (Å²) in [5, 5.41) is 12.8. The molecule has 0 saturated carbocycles. The molecule has 0 radical (unpaired) electrons. The summed E-state index contributed by atoms with van der Waals surface area (Å²) in [7, 11) is 0. The Morgan fingerprint density at radius 2 is 2.25 bits per heavy atom. The van der Waals surface area contributed by atoms with Gasteiger partial charge in [-0.15, -0.1) is 0 Å². The minimum Gasteiger partial charge on any atom is -0.396 e. The fourth-order valence-electron chi connectivity index (χ4n) is 2.72. The highest BCUT2D eigenvalue weighted by atomic mass is 32.2. The molecule has 1 saturated heterocycles. The molecule has 2 rings (SSSR count). The van der Waals surface area contributed by atoms with Crippen LogP contribution in [-0.2, 0) is 0 Å². The second-order valence-corrected chi connectivity index (χ2v) is 6.19. The molecule has 1 aliphatic rings. The molecule has 4 nitrogen and oxygen atoms in total. The quantitative estimate of drug-likeness (QED) is 0.802. The predicted octanol–water partition coefficient (Wildman–Crippen LogP) is 1.75. The second-order valence-electron chi connectivity index (χ2n) is 5.28. The van der Waals surface area contributed by atoms with Crippen LogP contribution in [0.2, 0.25) is 0 Å². The molecule has 0 spiro atoms. The lowest BCUT2D eigenvalue weighted by Crippen LogP contribution is -2.47. The highest BCUT2D eigenvalue weighted by molar-refractivity contribution is 7.98. The van der Waals surface area contributed by atoms with E-state index in [2.05, 4.69) is 27.5 Å². The van der Waals surface area contributed by atoms with Gasteiger partial charge in [0.05, 0.1) is 0 Å². The Kier molecular flexibility index (Phi) is 6.63. The Balaban J connectivity index is 1.79. The molecule has 1 atom stereocenters. The van der Waals surface area contributed by atoms with Crippen molar-refractivity contribution >= 4 is 17.6 Å². The Morgan fingerprint density at radius 1 is 1.45 bits per heavy atom. The topological polar surface area (TPSA) is 48.4 Å². The van der Waals surface area contributed by atoms with E-state index in [1.165, 1.54) is 0 Å². The standard InChI is InChI=1S/C15H25N3OS/c1-20-12-14(7-11-19)17-13-5-9-18(10-6-13)15-4-2-3-8-16-15/h2-4,8,13-14,17,19H,5-7,9-12H2,1H3. The Morgan fingerprint density at radius 3 is 2.85 bits per heavy atom. The number of thioether (sulfide) groups is 1. The highest BCUT2D eigenvalue weighted by Gasteiger charge is 2.22. The van der Waals surface area contributed by atoms with Crippen LogP contribution in [0.15, 0.2) is 24.4 Å². The van der Waals surface area contributed by atoms with Crippen LogP contribution < -0.4 is 10.2 Å². The van der Waals surface area contributed by atoms with Gasteiger partial charge in [-0.1, -0.05) is 6.07 Å². The normalized spacial score (nSPS) is 18.2. The summed E-state index contributed by atoms with van der Waals surface area (Å²) in [6.45, 7) is 2.38. The number of anilines is 1. The van der Waals surface area contributed by atoms with E-state index in [1.807, 2.05) is 30.1 Å². The van der Waals surface area contributed by atoms with Crippen molar-refractivity contribution in [2.24, 2.45) is 0 Å². The summed E-state index contributed by atoms with van der Waals surface area (Å²) >= 11 is 1.84. The van der Waals surface area contributed by atoms with E-state index in [1.54, 1.807) is 0 Å². The summed E-state index contributed by atoms with van der Waals surface area (Å²) in [6, 6.07) is 7.08. The van der Waals surface area contributed by atoms with Crippen molar-refractivity contribution in [1.29, 1.82) is 0 Å². The predicted molar refractivity (Wildman–Crippen MR) is 86.5 cm³/mol. The van der Waals surface area contributed by atoms with Gasteiger partial charge < -0.3 is 15.3 Å². The van der Waals surface area contributed by atoms with Crippen LogP contribution in [0.25, 0.3) is 0 Å².